The smallest absolute Gasteiger partial charge is 0.181 e. The van der Waals surface area contributed by atoms with Crippen LogP contribution in [0.4, 0.5) is 0 Å². The molecule has 6 nitrogen and oxygen atoms in total. The molecule has 2 aromatic carbocycles. The number of H-pyrrole nitrogens is 1. The van der Waals surface area contributed by atoms with Crippen LogP contribution in [0.3, 0.4) is 0 Å². The highest BCUT2D eigenvalue weighted by Crippen LogP contribution is 2.28. The van der Waals surface area contributed by atoms with Crippen LogP contribution >= 0.6 is 0 Å². The molecule has 2 heterocycles. The molecule has 164 valence electrons. The van der Waals surface area contributed by atoms with Crippen LogP contribution in [0.1, 0.15) is 41.0 Å². The minimum Gasteiger partial charge on any atom is -0.497 e. The van der Waals surface area contributed by atoms with Crippen molar-refractivity contribution in [3.63, 3.8) is 0 Å². The first-order chi connectivity index (χ1) is 15.6. The Hall–Kier alpha value is -3.67. The van der Waals surface area contributed by atoms with Crippen LogP contribution in [0.2, 0.25) is 0 Å². The summed E-state index contributed by atoms with van der Waals surface area (Å²) in [5, 5.41) is 8.48. The van der Waals surface area contributed by atoms with Crippen LogP contribution in [0.15, 0.2) is 48.5 Å². The molecule has 0 aliphatic carbocycles. The van der Waals surface area contributed by atoms with E-state index in [-0.39, 0.29) is 12.2 Å². The normalized spacial score (nSPS) is 11.0. The number of hydrogen-bond acceptors (Lipinski definition) is 5. The zero-order valence-electron chi connectivity index (χ0n) is 18.9. The molecular formula is C26H27N3O3. The topological polar surface area (TPSA) is 77.1 Å². The second-order valence-corrected chi connectivity index (χ2v) is 7.67. The van der Waals surface area contributed by atoms with Crippen molar-refractivity contribution in [2.24, 2.45) is 0 Å². The second-order valence-electron chi connectivity index (χ2n) is 7.67. The van der Waals surface area contributed by atoms with E-state index < -0.39 is 0 Å². The number of rotatable bonds is 8. The van der Waals surface area contributed by atoms with Crippen molar-refractivity contribution in [2.45, 2.75) is 33.1 Å². The summed E-state index contributed by atoms with van der Waals surface area (Å²) in [7, 11) is 3.15. The molecule has 0 unspecified atom stereocenters. The van der Waals surface area contributed by atoms with Gasteiger partial charge in [0.05, 0.1) is 19.9 Å². The zero-order valence-corrected chi connectivity index (χ0v) is 18.9. The van der Waals surface area contributed by atoms with E-state index in [0.717, 1.165) is 40.7 Å². The number of benzene rings is 2. The van der Waals surface area contributed by atoms with E-state index in [1.54, 1.807) is 32.4 Å². The van der Waals surface area contributed by atoms with E-state index in [0.29, 0.717) is 22.7 Å². The first-order valence-electron chi connectivity index (χ1n) is 10.8. The molecule has 0 atom stereocenters. The summed E-state index contributed by atoms with van der Waals surface area (Å²) in [6.07, 6.45) is 2.03. The Bertz CT molecular complexity index is 1250. The molecule has 4 rings (SSSR count). The molecule has 0 aliphatic heterocycles. The summed E-state index contributed by atoms with van der Waals surface area (Å²) in [4.78, 5) is 17.8. The minimum atomic E-state index is 0.000647. The number of nitrogens with one attached hydrogen (secondary N) is 1. The molecule has 0 aliphatic rings. The van der Waals surface area contributed by atoms with Crippen molar-refractivity contribution in [3.05, 3.63) is 70.9 Å². The van der Waals surface area contributed by atoms with E-state index >= 15 is 0 Å². The molecule has 0 fully saturated rings. The van der Waals surface area contributed by atoms with E-state index in [1.165, 1.54) is 5.56 Å². The third-order valence-corrected chi connectivity index (χ3v) is 5.72. The molecule has 0 spiro atoms. The maximum Gasteiger partial charge on any atom is 0.181 e. The fourth-order valence-corrected chi connectivity index (χ4v) is 3.91. The van der Waals surface area contributed by atoms with Gasteiger partial charge < -0.3 is 9.47 Å². The van der Waals surface area contributed by atoms with Gasteiger partial charge in [-0.2, -0.15) is 5.10 Å². The number of fused-ring (bicyclic) bond motifs is 1. The quantitative estimate of drug-likeness (QED) is 0.390. The van der Waals surface area contributed by atoms with Crippen LogP contribution in [0.25, 0.3) is 22.3 Å². The van der Waals surface area contributed by atoms with Gasteiger partial charge in [0.2, 0.25) is 0 Å². The molecule has 2 aromatic heterocycles. The lowest BCUT2D eigenvalue weighted by Crippen LogP contribution is -2.05. The number of aromatic amines is 1. The van der Waals surface area contributed by atoms with Crippen molar-refractivity contribution in [1.29, 1.82) is 0 Å². The molecule has 0 saturated heterocycles. The molecule has 1 N–H and O–H groups in total. The van der Waals surface area contributed by atoms with Gasteiger partial charge in [0.1, 0.15) is 11.5 Å². The number of aromatic nitrogens is 3. The largest absolute Gasteiger partial charge is 0.497 e. The Morgan fingerprint density at radius 3 is 2.34 bits per heavy atom. The zero-order chi connectivity index (χ0) is 22.7. The van der Waals surface area contributed by atoms with Crippen LogP contribution in [-0.4, -0.2) is 35.2 Å². The van der Waals surface area contributed by atoms with Gasteiger partial charge in [0, 0.05) is 34.7 Å². The predicted octanol–water partition coefficient (Wildman–Crippen LogP) is 5.19. The predicted molar refractivity (Wildman–Crippen MR) is 126 cm³/mol. The lowest BCUT2D eigenvalue weighted by atomic mass is 9.95. The maximum atomic E-state index is 13.0. The highest BCUT2D eigenvalue weighted by molar-refractivity contribution is 5.98. The Labute approximate surface area is 187 Å². The number of pyridine rings is 1. The summed E-state index contributed by atoms with van der Waals surface area (Å²) in [5.74, 6) is 1.19. The average Bonchev–Trinajstić information content (AvgIpc) is 3.25. The minimum absolute atomic E-state index is 0.000647. The number of Topliss-reactive ketones (excluding diaryl/α,β-unsaturated/α-hetero) is 1. The van der Waals surface area contributed by atoms with Crippen LogP contribution in [-0.2, 0) is 19.3 Å². The van der Waals surface area contributed by atoms with Crippen molar-refractivity contribution in [3.8, 4) is 22.8 Å². The van der Waals surface area contributed by atoms with Gasteiger partial charge in [0.15, 0.2) is 11.4 Å². The van der Waals surface area contributed by atoms with Crippen LogP contribution in [0, 0.1) is 0 Å². The number of ketones is 1. The number of ether oxygens (including phenoxy) is 2. The summed E-state index contributed by atoms with van der Waals surface area (Å²) in [6, 6.07) is 15.5. The summed E-state index contributed by atoms with van der Waals surface area (Å²) < 4.78 is 10.6. The Kier molecular flexibility index (Phi) is 6.21. The van der Waals surface area contributed by atoms with Crippen LogP contribution in [0.5, 0.6) is 11.5 Å². The Balaban J connectivity index is 1.67. The number of carbonyl (C=O) groups excluding carboxylic acids is 1. The number of carbonyl (C=O) groups is 1. The van der Waals surface area contributed by atoms with E-state index in [9.17, 15) is 4.79 Å². The van der Waals surface area contributed by atoms with Gasteiger partial charge >= 0.3 is 0 Å². The van der Waals surface area contributed by atoms with Gasteiger partial charge in [-0.05, 0) is 54.3 Å². The second kappa shape index (κ2) is 9.22. The summed E-state index contributed by atoms with van der Waals surface area (Å²) in [6.45, 7) is 4.21. The number of aryl methyl sites for hydroxylation is 2. The molecule has 4 aromatic rings. The third kappa shape index (κ3) is 4.21. The van der Waals surface area contributed by atoms with Gasteiger partial charge in [0.25, 0.3) is 0 Å². The monoisotopic (exact) mass is 429 g/mol. The highest BCUT2D eigenvalue weighted by atomic mass is 16.5. The molecular weight excluding hydrogens is 402 g/mol. The fraction of sp³-hybridized carbons (Fsp3) is 0.269. The summed E-state index contributed by atoms with van der Waals surface area (Å²) in [5.41, 5.74) is 6.37. The Morgan fingerprint density at radius 1 is 0.938 bits per heavy atom. The van der Waals surface area contributed by atoms with Crippen LogP contribution < -0.4 is 9.47 Å². The fourth-order valence-electron chi connectivity index (χ4n) is 3.91. The third-order valence-electron chi connectivity index (χ3n) is 5.72. The van der Waals surface area contributed by atoms with Gasteiger partial charge in [-0.1, -0.05) is 26.0 Å². The molecule has 0 amide bonds. The maximum absolute atomic E-state index is 13.0. The van der Waals surface area contributed by atoms with Crippen molar-refractivity contribution in [1.82, 2.24) is 15.2 Å². The molecule has 0 bridgehead atoms. The first kappa shape index (κ1) is 21.6. The van der Waals surface area contributed by atoms with Crippen molar-refractivity contribution in [2.75, 3.05) is 14.2 Å². The van der Waals surface area contributed by atoms with E-state index in [4.69, 9.17) is 14.5 Å². The highest BCUT2D eigenvalue weighted by Gasteiger charge is 2.14. The molecule has 32 heavy (non-hydrogen) atoms. The first-order valence-corrected chi connectivity index (χ1v) is 10.8. The number of nitrogens with zero attached hydrogens (tertiary/aromatic N) is 2. The van der Waals surface area contributed by atoms with E-state index in [1.807, 2.05) is 12.1 Å². The van der Waals surface area contributed by atoms with Gasteiger partial charge in [-0.15, -0.1) is 0 Å². The van der Waals surface area contributed by atoms with Crippen molar-refractivity contribution >= 4 is 16.8 Å². The SMILES string of the molecule is CCc1ccc(CC(=O)c2cc(OC)cc(OC)c2)cc1-c1ccc2c(CC)[nH]nc2n1. The van der Waals surface area contributed by atoms with Gasteiger partial charge in [-0.3, -0.25) is 9.89 Å². The lowest BCUT2D eigenvalue weighted by molar-refractivity contribution is 0.0992. The number of methoxy groups -OCH3 is 2. The lowest BCUT2D eigenvalue weighted by Gasteiger charge is -2.11. The van der Waals surface area contributed by atoms with Gasteiger partial charge in [-0.25, -0.2) is 4.98 Å². The standard InChI is InChI=1S/C26H27N3O3/c1-5-17-8-7-16(12-25(30)18-13-19(31-3)15-20(14-18)32-4)11-22(17)24-10-9-21-23(6-2)28-29-26(21)27-24/h7-11,13-15H,5-6,12H2,1-4H3,(H,27,28,29). The summed E-state index contributed by atoms with van der Waals surface area (Å²) >= 11 is 0. The van der Waals surface area contributed by atoms with Crippen molar-refractivity contribution < 1.29 is 14.3 Å². The molecule has 0 radical (unpaired) electrons. The number of hydrogen-bond donors (Lipinski definition) is 1. The average molecular weight is 430 g/mol. The molecule has 0 saturated carbocycles. The molecule has 6 heteroatoms. The Morgan fingerprint density at radius 2 is 1.69 bits per heavy atom. The van der Waals surface area contributed by atoms with E-state index in [2.05, 4.69) is 42.2 Å².